The van der Waals surface area contributed by atoms with Gasteiger partial charge in [-0.25, -0.2) is 4.99 Å². The number of aliphatic imine (C=N–C) groups is 1. The molecule has 2 heterocycles. The number of carbonyl (C=O) groups is 1. The maximum Gasteiger partial charge on any atom is 0.284 e. The highest BCUT2D eigenvalue weighted by Crippen LogP contribution is 2.36. The monoisotopic (exact) mass is 217 g/mol. The number of aromatic amines is 1. The van der Waals surface area contributed by atoms with Crippen LogP contribution in [0, 0.1) is 0 Å². The summed E-state index contributed by atoms with van der Waals surface area (Å²) in [7, 11) is 0. The highest BCUT2D eigenvalue weighted by molar-refractivity contribution is 6.07. The third-order valence-electron chi connectivity index (χ3n) is 3.34. The Morgan fingerprint density at radius 1 is 1.25 bits per heavy atom. The zero-order chi connectivity index (χ0) is 11.0. The summed E-state index contributed by atoms with van der Waals surface area (Å²) in [6.45, 7) is 0. The summed E-state index contributed by atoms with van der Waals surface area (Å²) in [5, 5.41) is 10.8. The predicted molar refractivity (Wildman–Crippen MR) is 59.0 cm³/mol. The van der Waals surface area contributed by atoms with Gasteiger partial charge in [0.25, 0.3) is 5.91 Å². The van der Waals surface area contributed by atoms with Crippen molar-refractivity contribution in [1.82, 2.24) is 15.5 Å². The topological polar surface area (TPSA) is 72.2 Å². The molecule has 1 amide bonds. The van der Waals surface area contributed by atoms with E-state index in [0.717, 1.165) is 18.5 Å². The average molecular weight is 217 g/mol. The Kier molecular flexibility index (Phi) is 2.23. The van der Waals surface area contributed by atoms with E-state index in [1.54, 1.807) is 0 Å². The van der Waals surface area contributed by atoms with Crippen molar-refractivity contribution in [2.24, 2.45) is 4.99 Å². The molecule has 83 valence electrons. The van der Waals surface area contributed by atoms with E-state index >= 15 is 0 Å². The summed E-state index contributed by atoms with van der Waals surface area (Å²) in [6.07, 6.45) is 7.26. The van der Waals surface area contributed by atoms with Crippen molar-refractivity contribution in [3.8, 4) is 0 Å². The third kappa shape index (κ3) is 1.43. The van der Waals surface area contributed by atoms with Gasteiger partial charge in [-0.15, -0.1) is 0 Å². The molecule has 0 atom stereocenters. The van der Waals surface area contributed by atoms with Crippen LogP contribution in [0.1, 0.15) is 54.1 Å². The molecular weight excluding hydrogens is 204 g/mol. The molecule has 0 saturated heterocycles. The molecule has 1 saturated carbocycles. The Hall–Kier alpha value is -1.65. The molecule has 3 rings (SSSR count). The van der Waals surface area contributed by atoms with Gasteiger partial charge in [0.15, 0.2) is 5.82 Å². The molecule has 1 aliphatic carbocycles. The van der Waals surface area contributed by atoms with Crippen LogP contribution in [0.25, 0.3) is 0 Å². The summed E-state index contributed by atoms with van der Waals surface area (Å²) in [5.41, 5.74) is 1.47. The van der Waals surface area contributed by atoms with Gasteiger partial charge in [0.05, 0.1) is 5.69 Å². The van der Waals surface area contributed by atoms with E-state index in [-0.39, 0.29) is 5.91 Å². The van der Waals surface area contributed by atoms with Gasteiger partial charge in [-0.1, -0.05) is 19.3 Å². The van der Waals surface area contributed by atoms with E-state index in [1.165, 1.54) is 25.6 Å². The van der Waals surface area contributed by atoms with Crippen molar-refractivity contribution < 1.29 is 4.79 Å². The first-order chi connectivity index (χ1) is 7.86. The summed E-state index contributed by atoms with van der Waals surface area (Å²) in [6, 6.07) is 0. The van der Waals surface area contributed by atoms with Crippen LogP contribution < -0.4 is 5.32 Å². The first-order valence-corrected chi connectivity index (χ1v) is 5.72. The molecule has 0 unspecified atom stereocenters. The van der Waals surface area contributed by atoms with Crippen molar-refractivity contribution in [3.05, 3.63) is 11.3 Å². The summed E-state index contributed by atoms with van der Waals surface area (Å²) in [4.78, 5) is 15.7. The molecule has 5 heteroatoms. The number of nitrogens with one attached hydrogen (secondary N) is 1. The number of aromatic nitrogens is 2. The molecule has 1 aliphatic heterocycles. The number of amides is 1. The van der Waals surface area contributed by atoms with Gasteiger partial charge in [0.1, 0.15) is 11.9 Å². The normalized spacial score (nSPS) is 20.6. The van der Waals surface area contributed by atoms with E-state index < -0.39 is 0 Å². The molecule has 1 radical (unpaired) electrons. The Morgan fingerprint density at radius 2 is 2.06 bits per heavy atom. The molecule has 16 heavy (non-hydrogen) atoms. The van der Waals surface area contributed by atoms with Crippen LogP contribution >= 0.6 is 0 Å². The van der Waals surface area contributed by atoms with E-state index in [4.69, 9.17) is 0 Å². The Labute approximate surface area is 93.3 Å². The number of fused-ring (bicyclic) bond motifs is 1. The van der Waals surface area contributed by atoms with Gasteiger partial charge in [0.2, 0.25) is 0 Å². The highest BCUT2D eigenvalue weighted by atomic mass is 16.1. The smallest absolute Gasteiger partial charge is 0.266 e. The van der Waals surface area contributed by atoms with Crippen LogP contribution in [0.2, 0.25) is 0 Å². The standard InChI is InChI=1S/C11H13N4O/c16-11-8-9(7-4-2-1-3-5-7)14-15-10(8)12-6-13-11/h6-7H,1-5H2,(H,14,15). The van der Waals surface area contributed by atoms with E-state index in [2.05, 4.69) is 20.5 Å². The fourth-order valence-electron chi connectivity index (χ4n) is 2.53. The molecule has 0 bridgehead atoms. The first kappa shape index (κ1) is 9.57. The van der Waals surface area contributed by atoms with Crippen LogP contribution in [0.3, 0.4) is 0 Å². The van der Waals surface area contributed by atoms with Crippen molar-refractivity contribution in [1.29, 1.82) is 0 Å². The predicted octanol–water partition coefficient (Wildman–Crippen LogP) is 1.88. The number of carbonyl (C=O) groups excluding carboxylic acids is 1. The minimum absolute atomic E-state index is 0.209. The largest absolute Gasteiger partial charge is 0.284 e. The van der Waals surface area contributed by atoms with Crippen LogP contribution in [-0.4, -0.2) is 22.4 Å². The van der Waals surface area contributed by atoms with E-state index in [9.17, 15) is 4.79 Å². The zero-order valence-electron chi connectivity index (χ0n) is 8.94. The second-order valence-corrected chi connectivity index (χ2v) is 4.35. The molecule has 1 aromatic rings. The van der Waals surface area contributed by atoms with Crippen molar-refractivity contribution in [3.63, 3.8) is 0 Å². The van der Waals surface area contributed by atoms with E-state index in [1.807, 2.05) is 0 Å². The van der Waals surface area contributed by atoms with Gasteiger partial charge in [-0.3, -0.25) is 9.89 Å². The number of H-pyrrole nitrogens is 1. The van der Waals surface area contributed by atoms with E-state index in [0.29, 0.717) is 17.3 Å². The van der Waals surface area contributed by atoms with Crippen molar-refractivity contribution in [2.75, 3.05) is 0 Å². The van der Waals surface area contributed by atoms with Crippen LogP contribution in [0.5, 0.6) is 0 Å². The Morgan fingerprint density at radius 3 is 2.88 bits per heavy atom. The molecule has 0 spiro atoms. The Bertz CT molecular complexity index is 443. The van der Waals surface area contributed by atoms with Crippen molar-refractivity contribution in [2.45, 2.75) is 38.0 Å². The number of hydrogen-bond donors (Lipinski definition) is 1. The SMILES string of the molecule is O=C1[N]C=Nc2[nH]nc(C3CCCCC3)c21. The summed E-state index contributed by atoms with van der Waals surface area (Å²) in [5.74, 6) is 0.765. The molecule has 1 fully saturated rings. The molecule has 0 aromatic carbocycles. The lowest BCUT2D eigenvalue weighted by atomic mass is 9.85. The number of nitrogens with zero attached hydrogens (tertiary/aromatic N) is 3. The van der Waals surface area contributed by atoms with Crippen LogP contribution in [0.15, 0.2) is 4.99 Å². The average Bonchev–Trinajstić information content (AvgIpc) is 2.75. The first-order valence-electron chi connectivity index (χ1n) is 5.72. The lowest BCUT2D eigenvalue weighted by Gasteiger charge is -2.20. The van der Waals surface area contributed by atoms with Gasteiger partial charge in [0, 0.05) is 5.92 Å². The minimum atomic E-state index is -0.209. The Balaban J connectivity index is 1.98. The fraction of sp³-hybridized carbons (Fsp3) is 0.545. The van der Waals surface area contributed by atoms with Gasteiger partial charge in [-0.05, 0) is 12.8 Å². The highest BCUT2D eigenvalue weighted by Gasteiger charge is 2.29. The lowest BCUT2D eigenvalue weighted by molar-refractivity contribution is 0.0972. The second-order valence-electron chi connectivity index (χ2n) is 4.35. The molecule has 5 nitrogen and oxygen atoms in total. The molecule has 2 aliphatic rings. The molecular formula is C11H13N4O. The summed E-state index contributed by atoms with van der Waals surface area (Å²) < 4.78 is 0. The molecule has 1 aromatic heterocycles. The lowest BCUT2D eigenvalue weighted by Crippen LogP contribution is -2.19. The fourth-order valence-corrected chi connectivity index (χ4v) is 2.53. The van der Waals surface area contributed by atoms with Crippen LogP contribution in [-0.2, 0) is 0 Å². The number of rotatable bonds is 1. The summed E-state index contributed by atoms with van der Waals surface area (Å²) >= 11 is 0. The number of hydrogen-bond acceptors (Lipinski definition) is 3. The zero-order valence-corrected chi connectivity index (χ0v) is 8.94. The van der Waals surface area contributed by atoms with Crippen LogP contribution in [0.4, 0.5) is 5.82 Å². The second kappa shape index (κ2) is 3.73. The third-order valence-corrected chi connectivity index (χ3v) is 3.34. The minimum Gasteiger partial charge on any atom is -0.266 e. The molecule has 1 N–H and O–H groups in total. The van der Waals surface area contributed by atoms with Gasteiger partial charge in [-0.2, -0.15) is 10.4 Å². The van der Waals surface area contributed by atoms with Gasteiger partial charge >= 0.3 is 0 Å². The van der Waals surface area contributed by atoms with Crippen molar-refractivity contribution >= 4 is 18.1 Å². The maximum absolute atomic E-state index is 11.7. The maximum atomic E-state index is 11.7. The quantitative estimate of drug-likeness (QED) is 0.780. The van der Waals surface area contributed by atoms with Gasteiger partial charge < -0.3 is 0 Å².